The van der Waals surface area contributed by atoms with E-state index in [0.29, 0.717) is 12.1 Å². The monoisotopic (exact) mass is 370 g/mol. The molecule has 0 fully saturated rings. The van der Waals surface area contributed by atoms with Crippen LogP contribution in [-0.4, -0.2) is 43.5 Å². The van der Waals surface area contributed by atoms with Crippen molar-refractivity contribution in [1.29, 1.82) is 0 Å². The molecule has 2 rings (SSSR count). The number of nitrogens with zero attached hydrogens (tertiary/aromatic N) is 4. The zero-order valence-electron chi connectivity index (χ0n) is 16.9. The van der Waals surface area contributed by atoms with Gasteiger partial charge in [0.2, 0.25) is 5.91 Å². The van der Waals surface area contributed by atoms with Gasteiger partial charge in [-0.05, 0) is 25.0 Å². The van der Waals surface area contributed by atoms with Gasteiger partial charge in [-0.15, -0.1) is 0 Å². The Morgan fingerprint density at radius 2 is 1.89 bits per heavy atom. The molecule has 6 heteroatoms. The molecule has 0 saturated carbocycles. The molecule has 27 heavy (non-hydrogen) atoms. The van der Waals surface area contributed by atoms with Crippen molar-refractivity contribution >= 4 is 5.91 Å². The first-order chi connectivity index (χ1) is 12.7. The Morgan fingerprint density at radius 3 is 2.41 bits per heavy atom. The van der Waals surface area contributed by atoms with Gasteiger partial charge in [-0.3, -0.25) is 9.78 Å². The van der Waals surface area contributed by atoms with Gasteiger partial charge >= 0.3 is 0 Å². The van der Waals surface area contributed by atoms with Crippen LogP contribution in [0.25, 0.3) is 0 Å². The second-order valence-electron chi connectivity index (χ2n) is 7.90. The number of hydrogen-bond donors (Lipinski definition) is 1. The number of aliphatic hydroxyl groups is 1. The third-order valence-corrected chi connectivity index (χ3v) is 4.49. The highest BCUT2D eigenvalue weighted by atomic mass is 16.3. The molecule has 0 aliphatic heterocycles. The Hall–Kier alpha value is -2.34. The summed E-state index contributed by atoms with van der Waals surface area (Å²) in [4.78, 5) is 27.5. The molecule has 1 amide bonds. The first-order valence-electron chi connectivity index (χ1n) is 9.43. The molecule has 0 aliphatic rings. The van der Waals surface area contributed by atoms with Crippen LogP contribution in [0.5, 0.6) is 0 Å². The van der Waals surface area contributed by atoms with Crippen LogP contribution in [0.2, 0.25) is 0 Å². The highest BCUT2D eigenvalue weighted by Gasteiger charge is 2.27. The van der Waals surface area contributed by atoms with E-state index < -0.39 is 6.10 Å². The second-order valence-corrected chi connectivity index (χ2v) is 7.90. The Labute approximate surface area is 161 Å². The summed E-state index contributed by atoms with van der Waals surface area (Å²) in [6.45, 7) is 10.6. The topological polar surface area (TPSA) is 79.2 Å². The van der Waals surface area contributed by atoms with Gasteiger partial charge in [0, 0.05) is 42.3 Å². The van der Waals surface area contributed by atoms with Gasteiger partial charge in [-0.1, -0.05) is 33.8 Å². The van der Waals surface area contributed by atoms with Crippen molar-refractivity contribution in [2.24, 2.45) is 0 Å². The molecule has 146 valence electrons. The molecule has 0 saturated heterocycles. The average Bonchev–Trinajstić information content (AvgIpc) is 2.65. The molecule has 2 atom stereocenters. The Bertz CT molecular complexity index is 726. The lowest BCUT2D eigenvalue weighted by molar-refractivity contribution is -0.135. The molecular formula is C21H30N4O2. The van der Waals surface area contributed by atoms with Crippen LogP contribution in [0.4, 0.5) is 0 Å². The number of amides is 1. The molecule has 2 heterocycles. The van der Waals surface area contributed by atoms with Gasteiger partial charge < -0.3 is 10.0 Å². The number of aromatic nitrogens is 3. The van der Waals surface area contributed by atoms with Gasteiger partial charge in [0.1, 0.15) is 11.9 Å². The maximum absolute atomic E-state index is 12.9. The number of rotatable bonds is 7. The summed E-state index contributed by atoms with van der Waals surface area (Å²) in [5.41, 5.74) is 1.35. The third-order valence-electron chi connectivity index (χ3n) is 4.49. The fourth-order valence-electron chi connectivity index (χ4n) is 2.91. The van der Waals surface area contributed by atoms with Gasteiger partial charge in [-0.2, -0.15) is 0 Å². The maximum atomic E-state index is 12.9. The minimum atomic E-state index is -0.784. The summed E-state index contributed by atoms with van der Waals surface area (Å²) in [5.74, 6) is 0.712. The van der Waals surface area contributed by atoms with Crippen molar-refractivity contribution in [1.82, 2.24) is 19.9 Å². The zero-order valence-corrected chi connectivity index (χ0v) is 16.9. The average molecular weight is 370 g/mol. The van der Waals surface area contributed by atoms with E-state index in [1.807, 2.05) is 19.9 Å². The molecule has 1 N–H and O–H groups in total. The lowest BCUT2D eigenvalue weighted by Crippen LogP contribution is -2.43. The van der Waals surface area contributed by atoms with Crippen molar-refractivity contribution in [2.75, 3.05) is 6.54 Å². The minimum Gasteiger partial charge on any atom is -0.386 e. The van der Waals surface area contributed by atoms with E-state index >= 15 is 0 Å². The van der Waals surface area contributed by atoms with Crippen molar-refractivity contribution in [3.05, 3.63) is 53.9 Å². The van der Waals surface area contributed by atoms with E-state index in [9.17, 15) is 9.90 Å². The van der Waals surface area contributed by atoms with Gasteiger partial charge in [0.25, 0.3) is 0 Å². The third kappa shape index (κ3) is 5.57. The Morgan fingerprint density at radius 1 is 1.22 bits per heavy atom. The van der Waals surface area contributed by atoms with Crippen molar-refractivity contribution in [3.8, 4) is 0 Å². The largest absolute Gasteiger partial charge is 0.386 e. The Balaban J connectivity index is 2.12. The standard InChI is InChI=1S/C21H30N4O2/c1-6-10-25(15(2)19(27)17-8-7-9-22-14-17)18(26)11-16-12-23-20(24-13-16)21(3,4)5/h7-9,12-15,19,27H,6,10-11H2,1-5H3. The number of carbonyl (C=O) groups is 1. The predicted octanol–water partition coefficient (Wildman–Crippen LogP) is 3.07. The molecule has 0 aromatic carbocycles. The highest BCUT2D eigenvalue weighted by molar-refractivity contribution is 5.79. The number of aliphatic hydroxyl groups excluding tert-OH is 1. The first-order valence-corrected chi connectivity index (χ1v) is 9.43. The molecule has 0 radical (unpaired) electrons. The van der Waals surface area contributed by atoms with Crippen LogP contribution < -0.4 is 0 Å². The first kappa shape index (κ1) is 21.0. The lowest BCUT2D eigenvalue weighted by Gasteiger charge is -2.32. The van der Waals surface area contributed by atoms with Crippen LogP contribution in [-0.2, 0) is 16.6 Å². The lowest BCUT2D eigenvalue weighted by atomic mass is 9.95. The van der Waals surface area contributed by atoms with Crippen LogP contribution in [0.1, 0.15) is 64.1 Å². The molecule has 2 aromatic heterocycles. The highest BCUT2D eigenvalue weighted by Crippen LogP contribution is 2.22. The van der Waals surface area contributed by atoms with Crippen LogP contribution in [0.3, 0.4) is 0 Å². The van der Waals surface area contributed by atoms with Crippen molar-refractivity contribution < 1.29 is 9.90 Å². The van der Waals surface area contributed by atoms with E-state index in [1.54, 1.807) is 35.8 Å². The summed E-state index contributed by atoms with van der Waals surface area (Å²) in [6.07, 6.45) is 6.99. The zero-order chi connectivity index (χ0) is 20.0. The second kappa shape index (κ2) is 9.04. The van der Waals surface area contributed by atoms with E-state index in [1.165, 1.54) is 0 Å². The molecule has 0 spiro atoms. The number of pyridine rings is 1. The Kier molecular flexibility index (Phi) is 7.02. The molecule has 2 unspecified atom stereocenters. The quantitative estimate of drug-likeness (QED) is 0.810. The van der Waals surface area contributed by atoms with Crippen LogP contribution in [0.15, 0.2) is 36.9 Å². The normalized spacial score (nSPS) is 13.9. The maximum Gasteiger partial charge on any atom is 0.227 e. The van der Waals surface area contributed by atoms with E-state index in [0.717, 1.165) is 17.8 Å². The summed E-state index contributed by atoms with van der Waals surface area (Å²) < 4.78 is 0. The molecule has 0 bridgehead atoms. The molecule has 6 nitrogen and oxygen atoms in total. The van der Waals surface area contributed by atoms with E-state index in [2.05, 4.69) is 35.7 Å². The minimum absolute atomic E-state index is 0.0422. The number of carbonyl (C=O) groups excluding carboxylic acids is 1. The van der Waals surface area contributed by atoms with Gasteiger partial charge in [0.05, 0.1) is 12.5 Å². The van der Waals surface area contributed by atoms with Gasteiger partial charge in [0.15, 0.2) is 0 Å². The van der Waals surface area contributed by atoms with E-state index in [4.69, 9.17) is 0 Å². The molecule has 0 aliphatic carbocycles. The molecule has 2 aromatic rings. The summed E-state index contributed by atoms with van der Waals surface area (Å²) in [6, 6.07) is 3.25. The number of hydrogen-bond acceptors (Lipinski definition) is 5. The van der Waals surface area contributed by atoms with Crippen molar-refractivity contribution in [3.63, 3.8) is 0 Å². The predicted molar refractivity (Wildman–Crippen MR) is 105 cm³/mol. The SMILES string of the molecule is CCCN(C(=O)Cc1cnc(C(C)(C)C)nc1)C(C)C(O)c1cccnc1. The summed E-state index contributed by atoms with van der Waals surface area (Å²) in [7, 11) is 0. The smallest absolute Gasteiger partial charge is 0.227 e. The van der Waals surface area contributed by atoms with Crippen LogP contribution >= 0.6 is 0 Å². The fourth-order valence-corrected chi connectivity index (χ4v) is 2.91. The summed E-state index contributed by atoms with van der Waals surface area (Å²) >= 11 is 0. The van der Waals surface area contributed by atoms with Gasteiger partial charge in [-0.25, -0.2) is 9.97 Å². The fraction of sp³-hybridized carbons (Fsp3) is 0.524. The van der Waals surface area contributed by atoms with Crippen LogP contribution in [0, 0.1) is 0 Å². The molecular weight excluding hydrogens is 340 g/mol. The van der Waals surface area contributed by atoms with E-state index in [-0.39, 0.29) is 23.8 Å². The summed E-state index contributed by atoms with van der Waals surface area (Å²) in [5, 5.41) is 10.7. The van der Waals surface area contributed by atoms with Crippen molar-refractivity contribution in [2.45, 2.75) is 65.0 Å².